The Morgan fingerprint density at radius 1 is 1.25 bits per heavy atom. The number of methoxy groups -OCH3 is 1. The zero-order valence-corrected chi connectivity index (χ0v) is 12.0. The van der Waals surface area contributed by atoms with E-state index in [0.29, 0.717) is 18.8 Å². The number of nitrogen functional groups attached to an aromatic ring is 1. The van der Waals surface area contributed by atoms with Crippen LogP contribution in [0.15, 0.2) is 18.2 Å². The summed E-state index contributed by atoms with van der Waals surface area (Å²) in [5.41, 5.74) is 6.14. The molecule has 0 aromatic heterocycles. The first kappa shape index (κ1) is 15.8. The summed E-state index contributed by atoms with van der Waals surface area (Å²) in [6.07, 6.45) is 0. The first-order valence-electron chi connectivity index (χ1n) is 6.42. The van der Waals surface area contributed by atoms with Crippen molar-refractivity contribution >= 4 is 17.6 Å². The zero-order chi connectivity index (χ0) is 15.1. The molecule has 1 rings (SSSR count). The maximum Gasteiger partial charge on any atom is 0.344 e. The number of hydrogen-bond donors (Lipinski definition) is 1. The van der Waals surface area contributed by atoms with E-state index in [1.807, 2.05) is 13.8 Å². The lowest BCUT2D eigenvalue weighted by molar-refractivity contribution is -0.134. The molecule has 0 heterocycles. The highest BCUT2D eigenvalue weighted by molar-refractivity contribution is 5.99. The fraction of sp³-hybridized carbons (Fsp3) is 0.429. The van der Waals surface area contributed by atoms with E-state index in [0.717, 1.165) is 0 Å². The van der Waals surface area contributed by atoms with Gasteiger partial charge in [0.2, 0.25) is 0 Å². The van der Waals surface area contributed by atoms with E-state index < -0.39 is 5.97 Å². The topological polar surface area (TPSA) is 81.9 Å². The third-order valence-corrected chi connectivity index (χ3v) is 2.93. The third-order valence-electron chi connectivity index (χ3n) is 2.93. The van der Waals surface area contributed by atoms with Crippen LogP contribution in [0.25, 0.3) is 0 Å². The Labute approximate surface area is 118 Å². The van der Waals surface area contributed by atoms with E-state index in [1.165, 1.54) is 7.11 Å². The second kappa shape index (κ2) is 7.37. The van der Waals surface area contributed by atoms with Gasteiger partial charge in [-0.25, -0.2) is 4.79 Å². The summed E-state index contributed by atoms with van der Waals surface area (Å²) >= 11 is 0. The molecule has 0 spiro atoms. The monoisotopic (exact) mass is 280 g/mol. The molecule has 0 atom stereocenters. The van der Waals surface area contributed by atoms with E-state index >= 15 is 0 Å². The molecule has 1 aromatic rings. The van der Waals surface area contributed by atoms with Gasteiger partial charge >= 0.3 is 5.97 Å². The highest BCUT2D eigenvalue weighted by atomic mass is 16.5. The number of rotatable bonds is 6. The predicted octanol–water partition coefficient (Wildman–Crippen LogP) is 1.30. The van der Waals surface area contributed by atoms with Crippen molar-refractivity contribution in [3.05, 3.63) is 23.8 Å². The molecule has 6 nitrogen and oxygen atoms in total. The van der Waals surface area contributed by atoms with Gasteiger partial charge in [-0.3, -0.25) is 4.79 Å². The number of nitrogens with zero attached hydrogens (tertiary/aromatic N) is 1. The van der Waals surface area contributed by atoms with Crippen LogP contribution in [0, 0.1) is 0 Å². The second-order valence-corrected chi connectivity index (χ2v) is 4.07. The van der Waals surface area contributed by atoms with E-state index in [4.69, 9.17) is 15.2 Å². The van der Waals surface area contributed by atoms with Crippen LogP contribution in [-0.2, 0) is 9.53 Å². The summed E-state index contributed by atoms with van der Waals surface area (Å²) < 4.78 is 10.1. The molecule has 0 aliphatic carbocycles. The van der Waals surface area contributed by atoms with Gasteiger partial charge in [0, 0.05) is 18.8 Å². The molecule has 0 bridgehead atoms. The standard InChI is InChI=1S/C14H20N2O4/c1-4-16(5-2)12(17)9-20-14(18)13-10(15)7-6-8-11(13)19-3/h6-8H,4-5,9,15H2,1-3H3. The van der Waals surface area contributed by atoms with Crippen molar-refractivity contribution in [3.63, 3.8) is 0 Å². The van der Waals surface area contributed by atoms with Crippen molar-refractivity contribution in [2.45, 2.75) is 13.8 Å². The summed E-state index contributed by atoms with van der Waals surface area (Å²) in [6.45, 7) is 4.56. The molecule has 0 fully saturated rings. The molecule has 20 heavy (non-hydrogen) atoms. The van der Waals surface area contributed by atoms with Gasteiger partial charge in [-0.05, 0) is 26.0 Å². The largest absolute Gasteiger partial charge is 0.496 e. The summed E-state index contributed by atoms with van der Waals surface area (Å²) in [6, 6.07) is 4.86. The predicted molar refractivity (Wildman–Crippen MR) is 75.6 cm³/mol. The quantitative estimate of drug-likeness (QED) is 0.627. The van der Waals surface area contributed by atoms with E-state index in [1.54, 1.807) is 23.1 Å². The first-order chi connectivity index (χ1) is 9.54. The van der Waals surface area contributed by atoms with E-state index in [-0.39, 0.29) is 23.8 Å². The van der Waals surface area contributed by atoms with Gasteiger partial charge in [0.25, 0.3) is 5.91 Å². The molecule has 110 valence electrons. The molecular formula is C14H20N2O4. The molecule has 0 aliphatic heterocycles. The Morgan fingerprint density at radius 2 is 1.90 bits per heavy atom. The van der Waals surface area contributed by atoms with Crippen LogP contribution in [0.3, 0.4) is 0 Å². The number of likely N-dealkylation sites (N-methyl/N-ethyl adjacent to an activating group) is 1. The minimum Gasteiger partial charge on any atom is -0.496 e. The van der Waals surface area contributed by atoms with Crippen molar-refractivity contribution in [2.24, 2.45) is 0 Å². The molecule has 0 saturated heterocycles. The van der Waals surface area contributed by atoms with Crippen molar-refractivity contribution in [1.29, 1.82) is 0 Å². The van der Waals surface area contributed by atoms with Crippen LogP contribution in [0.1, 0.15) is 24.2 Å². The van der Waals surface area contributed by atoms with Crippen LogP contribution in [0.5, 0.6) is 5.75 Å². The van der Waals surface area contributed by atoms with Crippen molar-refractivity contribution in [2.75, 3.05) is 32.5 Å². The average Bonchev–Trinajstić information content (AvgIpc) is 2.45. The third kappa shape index (κ3) is 3.63. The number of ether oxygens (including phenoxy) is 2. The number of carbonyl (C=O) groups is 2. The average molecular weight is 280 g/mol. The van der Waals surface area contributed by atoms with Gasteiger partial charge in [-0.2, -0.15) is 0 Å². The molecule has 2 N–H and O–H groups in total. The molecule has 6 heteroatoms. The Bertz CT molecular complexity index is 484. The second-order valence-electron chi connectivity index (χ2n) is 4.07. The number of esters is 1. The van der Waals surface area contributed by atoms with E-state index in [2.05, 4.69) is 0 Å². The fourth-order valence-electron chi connectivity index (χ4n) is 1.80. The minimum absolute atomic E-state index is 0.141. The fourth-order valence-corrected chi connectivity index (χ4v) is 1.80. The lowest BCUT2D eigenvalue weighted by Crippen LogP contribution is -2.34. The number of nitrogens with two attached hydrogens (primary N) is 1. The van der Waals surface area contributed by atoms with Gasteiger partial charge in [-0.15, -0.1) is 0 Å². The highest BCUT2D eigenvalue weighted by Crippen LogP contribution is 2.24. The Balaban J connectivity index is 2.75. The van der Waals surface area contributed by atoms with Crippen molar-refractivity contribution < 1.29 is 19.1 Å². The summed E-state index contributed by atoms with van der Waals surface area (Å²) in [7, 11) is 1.44. The maximum absolute atomic E-state index is 12.0. The minimum atomic E-state index is -0.666. The van der Waals surface area contributed by atoms with Crippen LogP contribution >= 0.6 is 0 Å². The molecular weight excluding hydrogens is 260 g/mol. The van der Waals surface area contributed by atoms with Gasteiger partial charge in [0.1, 0.15) is 11.3 Å². The number of carbonyl (C=O) groups excluding carboxylic acids is 2. The highest BCUT2D eigenvalue weighted by Gasteiger charge is 2.19. The summed E-state index contributed by atoms with van der Waals surface area (Å²) in [4.78, 5) is 25.3. The summed E-state index contributed by atoms with van der Waals surface area (Å²) in [5, 5.41) is 0. The normalized spacial score (nSPS) is 9.95. The smallest absolute Gasteiger partial charge is 0.344 e. The van der Waals surface area contributed by atoms with Crippen LogP contribution in [0.4, 0.5) is 5.69 Å². The molecule has 0 saturated carbocycles. The maximum atomic E-state index is 12.0. The summed E-state index contributed by atoms with van der Waals surface area (Å²) in [5.74, 6) is -0.581. The van der Waals surface area contributed by atoms with Gasteiger partial charge in [0.05, 0.1) is 7.11 Å². The lowest BCUT2D eigenvalue weighted by Gasteiger charge is -2.18. The number of hydrogen-bond acceptors (Lipinski definition) is 5. The van der Waals surface area contributed by atoms with Crippen LogP contribution in [0.2, 0.25) is 0 Å². The Kier molecular flexibility index (Phi) is 5.83. The van der Waals surface area contributed by atoms with Crippen LogP contribution < -0.4 is 10.5 Å². The molecule has 1 aromatic carbocycles. The van der Waals surface area contributed by atoms with Gasteiger partial charge in [0.15, 0.2) is 6.61 Å². The van der Waals surface area contributed by atoms with Gasteiger partial charge < -0.3 is 20.1 Å². The van der Waals surface area contributed by atoms with Gasteiger partial charge in [-0.1, -0.05) is 6.07 Å². The molecule has 0 unspecified atom stereocenters. The zero-order valence-electron chi connectivity index (χ0n) is 12.0. The van der Waals surface area contributed by atoms with E-state index in [9.17, 15) is 9.59 Å². The van der Waals surface area contributed by atoms with Crippen LogP contribution in [-0.4, -0.2) is 43.6 Å². The van der Waals surface area contributed by atoms with Crippen molar-refractivity contribution in [1.82, 2.24) is 4.90 Å². The Hall–Kier alpha value is -2.24. The Morgan fingerprint density at radius 3 is 2.45 bits per heavy atom. The van der Waals surface area contributed by atoms with Crippen molar-refractivity contribution in [3.8, 4) is 5.75 Å². The first-order valence-corrected chi connectivity index (χ1v) is 6.42. The molecule has 0 aliphatic rings. The lowest BCUT2D eigenvalue weighted by atomic mass is 10.1. The SMILES string of the molecule is CCN(CC)C(=O)COC(=O)c1c(N)cccc1OC. The molecule has 1 amide bonds. The number of anilines is 1. The number of amides is 1. The number of benzene rings is 1. The molecule has 0 radical (unpaired) electrons.